The summed E-state index contributed by atoms with van der Waals surface area (Å²) in [5.74, 6) is -0.0210. The van der Waals surface area contributed by atoms with Crippen LogP contribution < -0.4 is 10.6 Å². The molecule has 0 unspecified atom stereocenters. The molecule has 1 aromatic heterocycles. The number of carbonyl (C=O) groups is 2. The Bertz CT molecular complexity index is 1050. The van der Waals surface area contributed by atoms with Gasteiger partial charge in [-0.3, -0.25) is 9.59 Å². The zero-order valence-electron chi connectivity index (χ0n) is 18.5. The minimum atomic E-state index is -0.373. The molecule has 33 heavy (non-hydrogen) atoms. The van der Waals surface area contributed by atoms with Gasteiger partial charge in [0.2, 0.25) is 11.9 Å². The third-order valence-electron chi connectivity index (χ3n) is 6.05. The van der Waals surface area contributed by atoms with E-state index in [0.717, 1.165) is 31.3 Å². The van der Waals surface area contributed by atoms with Crippen molar-refractivity contribution < 1.29 is 14.0 Å². The van der Waals surface area contributed by atoms with Crippen LogP contribution in [0.25, 0.3) is 5.57 Å². The van der Waals surface area contributed by atoms with Gasteiger partial charge in [0.25, 0.3) is 5.91 Å². The number of amides is 2. The molecular formula is C24H27ClFN5O2. The summed E-state index contributed by atoms with van der Waals surface area (Å²) in [5.41, 5.74) is 1.92. The molecule has 7 nitrogen and oxygen atoms in total. The van der Waals surface area contributed by atoms with E-state index < -0.39 is 0 Å². The van der Waals surface area contributed by atoms with Gasteiger partial charge in [0.1, 0.15) is 5.82 Å². The molecule has 0 bridgehead atoms. The summed E-state index contributed by atoms with van der Waals surface area (Å²) >= 11 is 6.42. The van der Waals surface area contributed by atoms with E-state index in [4.69, 9.17) is 11.6 Å². The molecule has 1 saturated carbocycles. The van der Waals surface area contributed by atoms with Crippen LogP contribution in [-0.2, 0) is 4.79 Å². The average molecular weight is 472 g/mol. The van der Waals surface area contributed by atoms with Gasteiger partial charge < -0.3 is 15.5 Å². The molecule has 0 saturated heterocycles. The van der Waals surface area contributed by atoms with E-state index in [1.54, 1.807) is 18.0 Å². The van der Waals surface area contributed by atoms with Crippen LogP contribution in [0.1, 0.15) is 55.1 Å². The Labute approximate surface area is 197 Å². The maximum Gasteiger partial charge on any atom is 0.254 e. The average Bonchev–Trinajstić information content (AvgIpc) is 2.81. The van der Waals surface area contributed by atoms with Crippen molar-refractivity contribution in [3.63, 3.8) is 0 Å². The van der Waals surface area contributed by atoms with E-state index in [-0.39, 0.29) is 29.7 Å². The van der Waals surface area contributed by atoms with Gasteiger partial charge in [0, 0.05) is 37.7 Å². The maximum absolute atomic E-state index is 13.2. The first-order valence-corrected chi connectivity index (χ1v) is 11.6. The predicted molar refractivity (Wildman–Crippen MR) is 125 cm³/mol. The molecule has 2 N–H and O–H groups in total. The number of carbonyl (C=O) groups excluding carboxylic acids is 2. The monoisotopic (exact) mass is 471 g/mol. The molecule has 0 atom stereocenters. The Balaban J connectivity index is 1.42. The zero-order valence-corrected chi connectivity index (χ0v) is 19.2. The Morgan fingerprint density at radius 1 is 1.12 bits per heavy atom. The minimum absolute atomic E-state index is 0.00444. The number of benzene rings is 1. The lowest BCUT2D eigenvalue weighted by atomic mass is 9.91. The fourth-order valence-corrected chi connectivity index (χ4v) is 4.59. The van der Waals surface area contributed by atoms with Crippen LogP contribution in [0.5, 0.6) is 0 Å². The highest BCUT2D eigenvalue weighted by molar-refractivity contribution is 6.32. The molecule has 1 aromatic carbocycles. The van der Waals surface area contributed by atoms with Crippen molar-refractivity contribution in [2.45, 2.75) is 51.1 Å². The van der Waals surface area contributed by atoms with E-state index in [1.807, 2.05) is 6.08 Å². The van der Waals surface area contributed by atoms with Crippen LogP contribution in [-0.4, -0.2) is 51.9 Å². The number of nitrogens with one attached hydrogen (secondary N) is 2. The molecule has 2 heterocycles. The molecule has 2 aliphatic rings. The van der Waals surface area contributed by atoms with Crippen LogP contribution in [0.15, 0.2) is 36.5 Å². The van der Waals surface area contributed by atoms with E-state index in [1.165, 1.54) is 24.3 Å². The SMILES string of the molecule is CC(=O)N[C@H]1CC[C@H](Nc2ncc(Cl)c(C3=CCCN(C(=O)c4ccc(F)cc4)C3)n2)CC1. The summed E-state index contributed by atoms with van der Waals surface area (Å²) in [5, 5.41) is 6.80. The van der Waals surface area contributed by atoms with Crippen LogP contribution in [0, 0.1) is 5.82 Å². The Morgan fingerprint density at radius 3 is 2.52 bits per heavy atom. The number of anilines is 1. The van der Waals surface area contributed by atoms with Gasteiger partial charge in [0.05, 0.1) is 16.9 Å². The quantitative estimate of drug-likeness (QED) is 0.686. The van der Waals surface area contributed by atoms with Gasteiger partial charge in [-0.2, -0.15) is 0 Å². The first-order chi connectivity index (χ1) is 15.9. The first-order valence-electron chi connectivity index (χ1n) is 11.2. The normalized spacial score (nSPS) is 20.7. The molecule has 174 valence electrons. The third-order valence-corrected chi connectivity index (χ3v) is 6.32. The molecule has 1 aliphatic carbocycles. The lowest BCUT2D eigenvalue weighted by Gasteiger charge is -2.30. The maximum atomic E-state index is 13.2. The molecule has 2 aromatic rings. The van der Waals surface area contributed by atoms with Crippen LogP contribution in [0.4, 0.5) is 10.3 Å². The number of aromatic nitrogens is 2. The summed E-state index contributed by atoms with van der Waals surface area (Å²) in [4.78, 5) is 34.8. The summed E-state index contributed by atoms with van der Waals surface area (Å²) in [7, 11) is 0. The smallest absolute Gasteiger partial charge is 0.254 e. The summed E-state index contributed by atoms with van der Waals surface area (Å²) in [6.45, 7) is 2.49. The third kappa shape index (κ3) is 5.87. The molecule has 2 amide bonds. The number of rotatable bonds is 5. The van der Waals surface area contributed by atoms with Gasteiger partial charge in [-0.05, 0) is 61.9 Å². The number of halogens is 2. The minimum Gasteiger partial charge on any atom is -0.354 e. The standard InChI is InChI=1S/C24H27ClFN5O2/c1-15(32)28-19-8-10-20(11-9-19)29-24-27-13-21(25)22(30-24)17-3-2-12-31(14-17)23(33)16-4-6-18(26)7-5-16/h3-7,13,19-20H,2,8-12,14H2,1H3,(H,28,32)(H,27,29,30)/t19-,20-. The summed E-state index contributed by atoms with van der Waals surface area (Å²) in [6, 6.07) is 6.01. The van der Waals surface area contributed by atoms with Gasteiger partial charge in [-0.15, -0.1) is 0 Å². The second kappa shape index (κ2) is 10.3. The van der Waals surface area contributed by atoms with Gasteiger partial charge in [0.15, 0.2) is 0 Å². The first kappa shape index (κ1) is 23.2. The van der Waals surface area contributed by atoms with Crippen molar-refractivity contribution in [2.24, 2.45) is 0 Å². The molecule has 1 fully saturated rings. The Hall–Kier alpha value is -3.00. The van der Waals surface area contributed by atoms with E-state index in [2.05, 4.69) is 20.6 Å². The highest BCUT2D eigenvalue weighted by atomic mass is 35.5. The van der Waals surface area contributed by atoms with Crippen molar-refractivity contribution >= 4 is 34.9 Å². The summed E-state index contributed by atoms with van der Waals surface area (Å²) in [6.07, 6.45) is 7.94. The Kier molecular flexibility index (Phi) is 7.23. The van der Waals surface area contributed by atoms with Crippen molar-refractivity contribution in [1.82, 2.24) is 20.2 Å². The number of hydrogen-bond donors (Lipinski definition) is 2. The second-order valence-electron chi connectivity index (χ2n) is 8.54. The van der Waals surface area contributed by atoms with Crippen LogP contribution in [0.2, 0.25) is 5.02 Å². The topological polar surface area (TPSA) is 87.2 Å². The number of hydrogen-bond acceptors (Lipinski definition) is 5. The van der Waals surface area contributed by atoms with E-state index >= 15 is 0 Å². The molecule has 1 aliphatic heterocycles. The van der Waals surface area contributed by atoms with Gasteiger partial charge in [-0.1, -0.05) is 17.7 Å². The molecule has 0 radical (unpaired) electrons. The molecule has 9 heteroatoms. The number of nitrogens with zero attached hydrogens (tertiary/aromatic N) is 3. The van der Waals surface area contributed by atoms with Crippen molar-refractivity contribution in [1.29, 1.82) is 0 Å². The van der Waals surface area contributed by atoms with Crippen molar-refractivity contribution in [2.75, 3.05) is 18.4 Å². The van der Waals surface area contributed by atoms with Gasteiger partial charge >= 0.3 is 0 Å². The van der Waals surface area contributed by atoms with Crippen LogP contribution in [0.3, 0.4) is 0 Å². The largest absolute Gasteiger partial charge is 0.354 e. The van der Waals surface area contributed by atoms with Crippen LogP contribution >= 0.6 is 11.6 Å². The highest BCUT2D eigenvalue weighted by Gasteiger charge is 2.25. The van der Waals surface area contributed by atoms with Crippen molar-refractivity contribution in [3.8, 4) is 0 Å². The van der Waals surface area contributed by atoms with Crippen molar-refractivity contribution in [3.05, 3.63) is 58.6 Å². The van der Waals surface area contributed by atoms with Gasteiger partial charge in [-0.25, -0.2) is 14.4 Å². The molecule has 0 spiro atoms. The van der Waals surface area contributed by atoms with E-state index in [9.17, 15) is 14.0 Å². The lowest BCUT2D eigenvalue weighted by molar-refractivity contribution is -0.119. The predicted octanol–water partition coefficient (Wildman–Crippen LogP) is 4.06. The van der Waals surface area contributed by atoms with E-state index in [0.29, 0.717) is 41.7 Å². The summed E-state index contributed by atoms with van der Waals surface area (Å²) < 4.78 is 13.2. The molecule has 4 rings (SSSR count). The second-order valence-corrected chi connectivity index (χ2v) is 8.94. The lowest BCUT2D eigenvalue weighted by Crippen LogP contribution is -2.39. The molecular weight excluding hydrogens is 445 g/mol. The Morgan fingerprint density at radius 2 is 1.82 bits per heavy atom. The fourth-order valence-electron chi connectivity index (χ4n) is 4.38. The fraction of sp³-hybridized carbons (Fsp3) is 0.417. The zero-order chi connectivity index (χ0) is 23.4. The highest BCUT2D eigenvalue weighted by Crippen LogP contribution is 2.28.